The van der Waals surface area contributed by atoms with Crippen LogP contribution in [0.15, 0.2) is 29.4 Å². The maximum atomic E-state index is 10.9. The van der Waals surface area contributed by atoms with E-state index in [4.69, 9.17) is 5.11 Å². The molecule has 1 aromatic carbocycles. The Labute approximate surface area is 146 Å². The van der Waals surface area contributed by atoms with Crippen molar-refractivity contribution in [1.82, 2.24) is 24.4 Å². The van der Waals surface area contributed by atoms with Crippen molar-refractivity contribution in [1.29, 1.82) is 0 Å². The molecule has 1 N–H and O–H groups in total. The summed E-state index contributed by atoms with van der Waals surface area (Å²) in [6, 6.07) is 6.86. The van der Waals surface area contributed by atoms with Crippen molar-refractivity contribution in [2.75, 3.05) is 0 Å². The molecule has 9 heteroatoms. The van der Waals surface area contributed by atoms with Crippen LogP contribution in [0.1, 0.15) is 28.5 Å². The van der Waals surface area contributed by atoms with Crippen LogP contribution in [0, 0.1) is 6.92 Å². The maximum Gasteiger partial charge on any atom is 0.335 e. The monoisotopic (exact) mass is 361 g/mol. The predicted octanol–water partition coefficient (Wildman–Crippen LogP) is 3.12. The van der Waals surface area contributed by atoms with Crippen molar-refractivity contribution in [3.8, 4) is 10.7 Å². The van der Waals surface area contributed by atoms with Gasteiger partial charge in [-0.25, -0.2) is 4.79 Å². The van der Waals surface area contributed by atoms with Gasteiger partial charge < -0.3 is 9.67 Å². The van der Waals surface area contributed by atoms with Crippen molar-refractivity contribution in [3.63, 3.8) is 0 Å². The van der Waals surface area contributed by atoms with Gasteiger partial charge >= 0.3 is 5.97 Å². The van der Waals surface area contributed by atoms with Gasteiger partial charge in [-0.15, -0.1) is 15.3 Å². The normalized spacial score (nSPS) is 10.9. The molecule has 0 aliphatic rings. The van der Waals surface area contributed by atoms with Gasteiger partial charge in [0.1, 0.15) is 4.88 Å². The lowest BCUT2D eigenvalue weighted by atomic mass is 10.1. The fourth-order valence-corrected chi connectivity index (χ4v) is 3.79. The van der Waals surface area contributed by atoms with Crippen molar-refractivity contribution < 1.29 is 9.90 Å². The molecule has 2 heterocycles. The molecular weight excluding hydrogens is 346 g/mol. The molecule has 0 aliphatic carbocycles. The predicted molar refractivity (Wildman–Crippen MR) is 92.3 cm³/mol. The van der Waals surface area contributed by atoms with E-state index in [0.717, 1.165) is 33.7 Å². The second kappa shape index (κ2) is 7.10. The first-order valence-corrected chi connectivity index (χ1v) is 9.03. The first kappa shape index (κ1) is 16.6. The molecule has 0 aliphatic heterocycles. The summed E-state index contributed by atoms with van der Waals surface area (Å²) in [6.07, 6.45) is 0. The Kier molecular flexibility index (Phi) is 4.91. The molecule has 0 unspecified atom stereocenters. The van der Waals surface area contributed by atoms with E-state index in [1.807, 2.05) is 30.5 Å². The summed E-state index contributed by atoms with van der Waals surface area (Å²) in [6.45, 7) is 4.70. The Morgan fingerprint density at radius 2 is 2.00 bits per heavy atom. The van der Waals surface area contributed by atoms with E-state index in [1.54, 1.807) is 23.9 Å². The molecule has 0 amide bonds. The number of aromatic nitrogens is 5. The molecule has 3 rings (SSSR count). The van der Waals surface area contributed by atoms with Crippen LogP contribution in [0.3, 0.4) is 0 Å². The van der Waals surface area contributed by atoms with Gasteiger partial charge in [0.05, 0.1) is 11.3 Å². The quantitative estimate of drug-likeness (QED) is 0.674. The zero-order valence-corrected chi connectivity index (χ0v) is 14.8. The lowest BCUT2D eigenvalue weighted by Crippen LogP contribution is -2.00. The van der Waals surface area contributed by atoms with E-state index in [1.165, 1.54) is 11.5 Å². The van der Waals surface area contributed by atoms with E-state index in [-0.39, 0.29) is 5.56 Å². The molecule has 0 saturated carbocycles. The minimum absolute atomic E-state index is 0.288. The number of rotatable bonds is 6. The Balaban J connectivity index is 1.77. The van der Waals surface area contributed by atoms with Crippen LogP contribution in [0.4, 0.5) is 0 Å². The average Bonchev–Trinajstić information content (AvgIpc) is 3.18. The SMILES string of the molecule is CCn1c(SCc2ccc(C(=O)O)cc2)nnc1-c1snnc1C. The highest BCUT2D eigenvalue weighted by molar-refractivity contribution is 7.98. The van der Waals surface area contributed by atoms with Gasteiger partial charge in [0.15, 0.2) is 11.0 Å². The Morgan fingerprint density at radius 3 is 2.58 bits per heavy atom. The fourth-order valence-electron chi connectivity index (χ4n) is 2.18. The lowest BCUT2D eigenvalue weighted by molar-refractivity contribution is 0.0697. The van der Waals surface area contributed by atoms with Crippen LogP contribution in [-0.4, -0.2) is 35.4 Å². The van der Waals surface area contributed by atoms with Gasteiger partial charge in [-0.3, -0.25) is 0 Å². The van der Waals surface area contributed by atoms with E-state index in [2.05, 4.69) is 19.8 Å². The van der Waals surface area contributed by atoms with Gasteiger partial charge in [-0.1, -0.05) is 28.4 Å². The summed E-state index contributed by atoms with van der Waals surface area (Å²) >= 11 is 2.88. The molecular formula is C15H15N5O2S2. The molecule has 0 atom stereocenters. The second-order valence-corrected chi connectivity index (χ2v) is 6.73. The number of hydrogen-bond acceptors (Lipinski definition) is 7. The highest BCUT2D eigenvalue weighted by Gasteiger charge is 2.17. The van der Waals surface area contributed by atoms with Crippen LogP contribution in [0.25, 0.3) is 10.7 Å². The van der Waals surface area contributed by atoms with Crippen LogP contribution >= 0.6 is 23.3 Å². The van der Waals surface area contributed by atoms with E-state index >= 15 is 0 Å². The largest absolute Gasteiger partial charge is 0.478 e. The number of nitrogens with zero attached hydrogens (tertiary/aromatic N) is 5. The standard InChI is InChI=1S/C15H15N5O2S2/c1-3-20-13(12-9(2)16-19-24-12)17-18-15(20)23-8-10-4-6-11(7-5-10)14(21)22/h4-7H,3,8H2,1-2H3,(H,21,22). The molecule has 0 spiro atoms. The summed E-state index contributed by atoms with van der Waals surface area (Å²) in [5, 5.41) is 22.3. The number of aromatic carboxylic acids is 1. The summed E-state index contributed by atoms with van der Waals surface area (Å²) in [7, 11) is 0. The van der Waals surface area contributed by atoms with Gasteiger partial charge in [0, 0.05) is 12.3 Å². The molecule has 124 valence electrons. The molecule has 3 aromatic rings. The smallest absolute Gasteiger partial charge is 0.335 e. The van der Waals surface area contributed by atoms with Crippen LogP contribution in [-0.2, 0) is 12.3 Å². The summed E-state index contributed by atoms with van der Waals surface area (Å²) < 4.78 is 5.99. The van der Waals surface area contributed by atoms with Crippen molar-refractivity contribution in [3.05, 3.63) is 41.1 Å². The van der Waals surface area contributed by atoms with Crippen molar-refractivity contribution in [2.45, 2.75) is 31.3 Å². The first-order valence-electron chi connectivity index (χ1n) is 7.27. The summed E-state index contributed by atoms with van der Waals surface area (Å²) in [4.78, 5) is 11.8. The molecule has 7 nitrogen and oxygen atoms in total. The number of aryl methyl sites for hydroxylation is 1. The van der Waals surface area contributed by atoms with Crippen LogP contribution in [0.2, 0.25) is 0 Å². The zero-order chi connectivity index (χ0) is 17.1. The Bertz CT molecular complexity index is 857. The summed E-state index contributed by atoms with van der Waals surface area (Å²) in [5.41, 5.74) is 2.17. The number of carboxylic acid groups (broad SMARTS) is 1. The zero-order valence-electron chi connectivity index (χ0n) is 13.1. The molecule has 24 heavy (non-hydrogen) atoms. The molecule has 0 saturated heterocycles. The Hall–Kier alpha value is -2.26. The minimum atomic E-state index is -0.918. The third-order valence-corrected chi connectivity index (χ3v) is 5.32. The molecule has 0 radical (unpaired) electrons. The third-order valence-electron chi connectivity index (χ3n) is 3.46. The fraction of sp³-hybridized carbons (Fsp3) is 0.267. The van der Waals surface area contributed by atoms with E-state index < -0.39 is 5.97 Å². The number of benzene rings is 1. The first-order chi connectivity index (χ1) is 11.6. The molecule has 0 bridgehead atoms. The summed E-state index contributed by atoms with van der Waals surface area (Å²) in [5.74, 6) is 0.560. The minimum Gasteiger partial charge on any atom is -0.478 e. The second-order valence-electron chi connectivity index (χ2n) is 5.03. The van der Waals surface area contributed by atoms with E-state index in [9.17, 15) is 4.79 Å². The van der Waals surface area contributed by atoms with Crippen molar-refractivity contribution >= 4 is 29.3 Å². The number of thioether (sulfide) groups is 1. The molecule has 2 aromatic heterocycles. The van der Waals surface area contributed by atoms with Crippen LogP contribution in [0.5, 0.6) is 0 Å². The maximum absolute atomic E-state index is 10.9. The van der Waals surface area contributed by atoms with Gasteiger partial charge in [-0.05, 0) is 43.1 Å². The highest BCUT2D eigenvalue weighted by atomic mass is 32.2. The number of carboxylic acids is 1. The lowest BCUT2D eigenvalue weighted by Gasteiger charge is -2.06. The van der Waals surface area contributed by atoms with Crippen LogP contribution < -0.4 is 0 Å². The molecule has 0 fully saturated rings. The number of carbonyl (C=O) groups is 1. The Morgan fingerprint density at radius 1 is 1.25 bits per heavy atom. The average molecular weight is 361 g/mol. The van der Waals surface area contributed by atoms with E-state index in [0.29, 0.717) is 5.75 Å². The van der Waals surface area contributed by atoms with Gasteiger partial charge in [0.2, 0.25) is 0 Å². The van der Waals surface area contributed by atoms with Crippen molar-refractivity contribution in [2.24, 2.45) is 0 Å². The van der Waals surface area contributed by atoms with Gasteiger partial charge in [0.25, 0.3) is 0 Å². The third kappa shape index (κ3) is 3.31. The van der Waals surface area contributed by atoms with Gasteiger partial charge in [-0.2, -0.15) is 0 Å². The topological polar surface area (TPSA) is 93.8 Å². The highest BCUT2D eigenvalue weighted by Crippen LogP contribution is 2.29. The number of hydrogen-bond donors (Lipinski definition) is 1.